The van der Waals surface area contributed by atoms with Gasteiger partial charge in [-0.3, -0.25) is 4.79 Å². The van der Waals surface area contributed by atoms with Crippen molar-refractivity contribution in [3.8, 4) is 17.4 Å². The molecule has 30 heavy (non-hydrogen) atoms. The highest BCUT2D eigenvalue weighted by Crippen LogP contribution is 2.31. The molecule has 9 heteroatoms. The van der Waals surface area contributed by atoms with Crippen molar-refractivity contribution in [2.75, 3.05) is 12.4 Å². The normalized spacial score (nSPS) is 11.4. The summed E-state index contributed by atoms with van der Waals surface area (Å²) in [5.41, 5.74) is 6.79. The minimum absolute atomic E-state index is 0.0439. The smallest absolute Gasteiger partial charge is 0.312 e. The Hall–Kier alpha value is -3.59. The molecule has 0 aliphatic heterocycles. The van der Waals surface area contributed by atoms with Crippen molar-refractivity contribution < 1.29 is 19.1 Å². The van der Waals surface area contributed by atoms with Gasteiger partial charge in [-0.1, -0.05) is 12.1 Å². The second-order valence-corrected chi connectivity index (χ2v) is 7.45. The molecule has 2 aromatic heterocycles. The van der Waals surface area contributed by atoms with Gasteiger partial charge >= 0.3 is 6.03 Å². The molecule has 4 N–H and O–H groups in total. The Balaban J connectivity index is 1.62. The van der Waals surface area contributed by atoms with Crippen LogP contribution in [-0.2, 0) is 4.79 Å². The number of urea groups is 1. The number of rotatable bonds is 8. The van der Waals surface area contributed by atoms with E-state index in [0.29, 0.717) is 23.1 Å². The number of hydrogen-bond acceptors (Lipinski definition) is 6. The number of ether oxygens (including phenoxy) is 2. The topological polar surface area (TPSA) is 116 Å². The van der Waals surface area contributed by atoms with Crippen LogP contribution in [0.4, 0.5) is 10.5 Å². The zero-order chi connectivity index (χ0) is 21.5. The van der Waals surface area contributed by atoms with E-state index in [1.54, 1.807) is 19.2 Å². The van der Waals surface area contributed by atoms with Crippen molar-refractivity contribution in [1.82, 2.24) is 10.3 Å². The maximum atomic E-state index is 12.4. The number of aromatic nitrogens is 1. The third kappa shape index (κ3) is 5.71. The summed E-state index contributed by atoms with van der Waals surface area (Å²) in [5.74, 6) is 1.24. The van der Waals surface area contributed by atoms with E-state index >= 15 is 0 Å². The molecular weight excluding hydrogens is 404 g/mol. The molecule has 0 bridgehead atoms. The van der Waals surface area contributed by atoms with E-state index in [2.05, 4.69) is 15.6 Å². The molecule has 3 aromatic rings. The predicted octanol–water partition coefficient (Wildman–Crippen LogP) is 3.99. The number of hydrogen-bond donors (Lipinski definition) is 3. The summed E-state index contributed by atoms with van der Waals surface area (Å²) in [6.07, 6.45) is 1.54. The van der Waals surface area contributed by atoms with Gasteiger partial charge in [-0.15, -0.1) is 11.3 Å². The number of carbonyl (C=O) groups excluding carboxylic acids is 2. The number of amides is 3. The van der Waals surface area contributed by atoms with Gasteiger partial charge in [0.25, 0.3) is 0 Å². The number of benzene rings is 1. The third-order valence-electron chi connectivity index (χ3n) is 4.15. The molecule has 3 rings (SSSR count). The standard InChI is InChI=1S/C21H22N4O4S/c1-13-5-7-16(17(10-13)28-2)29-20-8-6-14(12-23-20)24-19(26)11-15(25-21(22)27)18-4-3-9-30-18/h3-10,12,15H,11H2,1-2H3,(H,24,26)(H3,22,25,27). The number of methoxy groups -OCH3 is 1. The van der Waals surface area contributed by atoms with E-state index in [-0.39, 0.29) is 12.3 Å². The molecule has 3 amide bonds. The lowest BCUT2D eigenvalue weighted by Crippen LogP contribution is -2.34. The molecule has 1 unspecified atom stereocenters. The zero-order valence-electron chi connectivity index (χ0n) is 16.5. The second kappa shape index (κ2) is 9.75. The van der Waals surface area contributed by atoms with Gasteiger partial charge in [0, 0.05) is 10.9 Å². The van der Waals surface area contributed by atoms with E-state index in [1.165, 1.54) is 17.5 Å². The second-order valence-electron chi connectivity index (χ2n) is 6.47. The van der Waals surface area contributed by atoms with Crippen LogP contribution in [0.3, 0.4) is 0 Å². The monoisotopic (exact) mass is 426 g/mol. The van der Waals surface area contributed by atoms with E-state index in [0.717, 1.165) is 10.4 Å². The fraction of sp³-hybridized carbons (Fsp3) is 0.190. The average Bonchev–Trinajstić information content (AvgIpc) is 3.25. The molecular formula is C21H22N4O4S. The molecule has 0 saturated carbocycles. The first kappa shape index (κ1) is 21.1. The number of nitrogens with zero attached hydrogens (tertiary/aromatic N) is 1. The van der Waals surface area contributed by atoms with Gasteiger partial charge in [0.15, 0.2) is 11.5 Å². The number of nitrogens with one attached hydrogen (secondary N) is 2. The highest BCUT2D eigenvalue weighted by atomic mass is 32.1. The van der Waals surface area contributed by atoms with E-state index < -0.39 is 12.1 Å². The van der Waals surface area contributed by atoms with E-state index in [9.17, 15) is 9.59 Å². The SMILES string of the molecule is COc1cc(C)ccc1Oc1ccc(NC(=O)CC(NC(N)=O)c2cccs2)cn1. The number of nitrogens with two attached hydrogens (primary N) is 1. The first-order chi connectivity index (χ1) is 14.4. The molecule has 2 heterocycles. The summed E-state index contributed by atoms with van der Waals surface area (Å²) in [4.78, 5) is 28.7. The largest absolute Gasteiger partial charge is 0.493 e. The van der Waals surface area contributed by atoms with Crippen LogP contribution < -0.4 is 25.8 Å². The highest BCUT2D eigenvalue weighted by molar-refractivity contribution is 7.10. The van der Waals surface area contributed by atoms with Crippen molar-refractivity contribution in [3.05, 3.63) is 64.5 Å². The molecule has 1 aromatic carbocycles. The zero-order valence-corrected chi connectivity index (χ0v) is 17.4. The van der Waals surface area contributed by atoms with Crippen LogP contribution in [0.25, 0.3) is 0 Å². The summed E-state index contributed by atoms with van der Waals surface area (Å²) in [7, 11) is 1.57. The Bertz CT molecular complexity index is 1010. The third-order valence-corrected chi connectivity index (χ3v) is 5.13. The lowest BCUT2D eigenvalue weighted by atomic mass is 10.1. The summed E-state index contributed by atoms with van der Waals surface area (Å²) in [6.45, 7) is 1.96. The number of thiophene rings is 1. The van der Waals surface area contributed by atoms with Crippen molar-refractivity contribution >= 4 is 29.0 Å². The van der Waals surface area contributed by atoms with Gasteiger partial charge in [-0.25, -0.2) is 9.78 Å². The Morgan fingerprint density at radius 3 is 2.67 bits per heavy atom. The fourth-order valence-corrected chi connectivity index (χ4v) is 3.55. The molecule has 0 fully saturated rings. The number of carbonyl (C=O) groups is 2. The fourth-order valence-electron chi connectivity index (χ4n) is 2.77. The molecule has 156 valence electrons. The molecule has 1 atom stereocenters. The Morgan fingerprint density at radius 1 is 1.20 bits per heavy atom. The maximum Gasteiger partial charge on any atom is 0.312 e. The lowest BCUT2D eigenvalue weighted by Gasteiger charge is -2.16. The van der Waals surface area contributed by atoms with Crippen molar-refractivity contribution in [2.45, 2.75) is 19.4 Å². The van der Waals surface area contributed by atoms with Crippen molar-refractivity contribution in [1.29, 1.82) is 0 Å². The van der Waals surface area contributed by atoms with Crippen molar-refractivity contribution in [3.63, 3.8) is 0 Å². The minimum atomic E-state index is -0.684. The number of anilines is 1. The van der Waals surface area contributed by atoms with E-state index in [4.69, 9.17) is 15.2 Å². The quantitative estimate of drug-likeness (QED) is 0.504. The molecule has 8 nitrogen and oxygen atoms in total. The summed E-state index contributed by atoms with van der Waals surface area (Å²) >= 11 is 1.44. The summed E-state index contributed by atoms with van der Waals surface area (Å²) in [6, 6.07) is 11.4. The summed E-state index contributed by atoms with van der Waals surface area (Å²) < 4.78 is 11.1. The van der Waals surface area contributed by atoms with Crippen LogP contribution in [0.5, 0.6) is 17.4 Å². The number of pyridine rings is 1. The molecule has 0 aliphatic rings. The van der Waals surface area contributed by atoms with Crippen LogP contribution in [-0.4, -0.2) is 24.0 Å². The number of aryl methyl sites for hydroxylation is 1. The van der Waals surface area contributed by atoms with Gasteiger partial charge in [0.05, 0.1) is 31.5 Å². The minimum Gasteiger partial charge on any atom is -0.493 e. The van der Waals surface area contributed by atoms with Gasteiger partial charge in [-0.2, -0.15) is 0 Å². The Labute approximate surface area is 178 Å². The first-order valence-corrected chi connectivity index (χ1v) is 10.0. The van der Waals surface area contributed by atoms with Crippen LogP contribution in [0, 0.1) is 6.92 Å². The molecule has 0 radical (unpaired) electrons. The molecule has 0 saturated heterocycles. The first-order valence-electron chi connectivity index (χ1n) is 9.12. The molecule has 0 spiro atoms. The van der Waals surface area contributed by atoms with Gasteiger partial charge in [0.1, 0.15) is 0 Å². The van der Waals surface area contributed by atoms with E-state index in [1.807, 2.05) is 42.6 Å². The predicted molar refractivity (Wildman–Crippen MR) is 115 cm³/mol. The number of primary amides is 1. The van der Waals surface area contributed by atoms with Gasteiger partial charge in [-0.05, 0) is 42.1 Å². The molecule has 0 aliphatic carbocycles. The van der Waals surface area contributed by atoms with Crippen LogP contribution in [0.2, 0.25) is 0 Å². The van der Waals surface area contributed by atoms with Crippen LogP contribution >= 0.6 is 11.3 Å². The van der Waals surface area contributed by atoms with Gasteiger partial charge in [0.2, 0.25) is 11.8 Å². The van der Waals surface area contributed by atoms with Gasteiger partial charge < -0.3 is 25.8 Å². The van der Waals surface area contributed by atoms with Crippen LogP contribution in [0.15, 0.2) is 54.0 Å². The van der Waals surface area contributed by atoms with Crippen LogP contribution in [0.1, 0.15) is 22.9 Å². The Kier molecular flexibility index (Phi) is 6.87. The average molecular weight is 426 g/mol. The highest BCUT2D eigenvalue weighted by Gasteiger charge is 2.18. The maximum absolute atomic E-state index is 12.4. The summed E-state index contributed by atoms with van der Waals surface area (Å²) in [5, 5.41) is 7.22. The van der Waals surface area contributed by atoms with Crippen molar-refractivity contribution in [2.24, 2.45) is 5.73 Å². The lowest BCUT2D eigenvalue weighted by molar-refractivity contribution is -0.116. The Morgan fingerprint density at radius 2 is 2.03 bits per heavy atom.